The van der Waals surface area contributed by atoms with Crippen LogP contribution in [0.4, 0.5) is 4.39 Å². The normalized spacial score (nSPS) is 13.1. The molecule has 158 valence electrons. The Morgan fingerprint density at radius 2 is 2.07 bits per heavy atom. The highest BCUT2D eigenvalue weighted by molar-refractivity contribution is 7.89. The number of halogens is 1. The Bertz CT molecular complexity index is 1360. The molecule has 0 aliphatic carbocycles. The van der Waals surface area contributed by atoms with Crippen molar-refractivity contribution >= 4 is 26.4 Å². The van der Waals surface area contributed by atoms with E-state index >= 15 is 0 Å². The Morgan fingerprint density at radius 1 is 1.30 bits per heavy atom. The largest absolute Gasteiger partial charge is 0.489 e. The molecule has 4 aromatic rings. The quantitative estimate of drug-likeness (QED) is 0.418. The molecule has 4 rings (SSSR count). The van der Waals surface area contributed by atoms with Gasteiger partial charge in [0.15, 0.2) is 16.9 Å². The number of hydrogen-bond donors (Lipinski definition) is 3. The first kappa shape index (κ1) is 20.1. The summed E-state index contributed by atoms with van der Waals surface area (Å²) in [7, 11) is -3.94. The Morgan fingerprint density at radius 3 is 2.80 bits per heavy atom. The number of aromatic nitrogens is 4. The van der Waals surface area contributed by atoms with Gasteiger partial charge in [-0.2, -0.15) is 10.1 Å². The predicted octanol–water partition coefficient (Wildman–Crippen LogP) is 1.71. The molecule has 0 saturated carbocycles. The Kier molecular flexibility index (Phi) is 4.84. The van der Waals surface area contributed by atoms with E-state index in [1.807, 2.05) is 6.92 Å². The highest BCUT2D eigenvalue weighted by Crippen LogP contribution is 2.34. The molecule has 0 radical (unpaired) electrons. The molecule has 3 aromatic heterocycles. The Labute approximate surface area is 170 Å². The minimum atomic E-state index is -3.94. The highest BCUT2D eigenvalue weighted by atomic mass is 32.2. The second-order valence-electron chi connectivity index (χ2n) is 6.81. The third-order valence-corrected chi connectivity index (χ3v) is 5.60. The molecule has 0 fully saturated rings. The molecule has 0 amide bonds. The van der Waals surface area contributed by atoms with Crippen molar-refractivity contribution in [3.05, 3.63) is 47.8 Å². The zero-order chi connectivity index (χ0) is 21.6. The molecule has 10 nitrogen and oxygen atoms in total. The summed E-state index contributed by atoms with van der Waals surface area (Å²) < 4.78 is 50.1. The molecule has 1 unspecified atom stereocenters. The molecular weight excluding hydrogens is 415 g/mol. The average Bonchev–Trinajstić information content (AvgIpc) is 3.22. The number of sulfonamides is 1. The van der Waals surface area contributed by atoms with Crippen LogP contribution in [0.5, 0.6) is 17.4 Å². The van der Waals surface area contributed by atoms with Crippen molar-refractivity contribution in [2.45, 2.75) is 19.2 Å². The fourth-order valence-electron chi connectivity index (χ4n) is 3.06. The first-order valence-corrected chi connectivity index (χ1v) is 10.4. The number of ether oxygens (including phenoxy) is 2. The average molecular weight is 434 g/mol. The van der Waals surface area contributed by atoms with E-state index in [2.05, 4.69) is 15.1 Å². The number of fused-ring (bicyclic) bond motifs is 2. The summed E-state index contributed by atoms with van der Waals surface area (Å²) in [5.41, 5.74) is 7.97. The molecule has 1 atom stereocenters. The zero-order valence-electron chi connectivity index (χ0n) is 16.1. The van der Waals surface area contributed by atoms with Gasteiger partial charge in [-0.1, -0.05) is 0 Å². The fourth-order valence-corrected chi connectivity index (χ4v) is 3.32. The molecular formula is C18H19FN6O4S. The molecule has 0 aliphatic rings. The summed E-state index contributed by atoms with van der Waals surface area (Å²) in [6.07, 6.45) is 2.77. The summed E-state index contributed by atoms with van der Waals surface area (Å²) in [4.78, 5) is 7.17. The van der Waals surface area contributed by atoms with Crippen LogP contribution in [-0.4, -0.2) is 40.0 Å². The second kappa shape index (κ2) is 7.23. The van der Waals surface area contributed by atoms with Crippen LogP contribution in [0.3, 0.4) is 0 Å². The van der Waals surface area contributed by atoms with Crippen molar-refractivity contribution < 1.29 is 22.3 Å². The van der Waals surface area contributed by atoms with Crippen LogP contribution in [0, 0.1) is 19.7 Å². The van der Waals surface area contributed by atoms with Crippen molar-refractivity contribution in [3.8, 4) is 17.4 Å². The van der Waals surface area contributed by atoms with E-state index in [0.29, 0.717) is 27.7 Å². The van der Waals surface area contributed by atoms with E-state index < -0.39 is 21.2 Å². The minimum absolute atomic E-state index is 0.00131. The number of hydrogen-bond acceptors (Lipinski definition) is 7. The van der Waals surface area contributed by atoms with Gasteiger partial charge in [0, 0.05) is 22.2 Å². The van der Waals surface area contributed by atoms with E-state index in [1.54, 1.807) is 19.1 Å². The van der Waals surface area contributed by atoms with Crippen molar-refractivity contribution in [1.82, 2.24) is 19.6 Å². The number of H-pyrrole nitrogens is 1. The third kappa shape index (κ3) is 3.56. The third-order valence-electron chi connectivity index (χ3n) is 4.62. The van der Waals surface area contributed by atoms with Gasteiger partial charge in [-0.15, -0.1) is 0 Å². The minimum Gasteiger partial charge on any atom is -0.489 e. The Hall–Kier alpha value is -3.22. The lowest BCUT2D eigenvalue weighted by molar-refractivity contribution is 0.312. The summed E-state index contributed by atoms with van der Waals surface area (Å²) in [5.74, 6) is -0.0925. The van der Waals surface area contributed by atoms with Crippen LogP contribution >= 0.6 is 0 Å². The van der Waals surface area contributed by atoms with Crippen LogP contribution in [0.15, 0.2) is 30.7 Å². The van der Waals surface area contributed by atoms with Gasteiger partial charge in [0.2, 0.25) is 15.9 Å². The van der Waals surface area contributed by atoms with Crippen molar-refractivity contribution in [3.63, 3.8) is 0 Å². The molecule has 12 heteroatoms. The van der Waals surface area contributed by atoms with E-state index in [1.165, 1.54) is 23.1 Å². The van der Waals surface area contributed by atoms with Gasteiger partial charge in [0.1, 0.15) is 24.2 Å². The van der Waals surface area contributed by atoms with E-state index in [9.17, 15) is 12.8 Å². The van der Waals surface area contributed by atoms with Crippen LogP contribution in [-0.2, 0) is 10.0 Å². The lowest BCUT2D eigenvalue weighted by Crippen LogP contribution is -2.40. The predicted molar refractivity (Wildman–Crippen MR) is 107 cm³/mol. The molecule has 5 N–H and O–H groups in total. The lowest BCUT2D eigenvalue weighted by Gasteiger charge is -2.10. The smallest absolute Gasteiger partial charge is 0.247 e. The molecule has 0 spiro atoms. The first-order valence-electron chi connectivity index (χ1n) is 8.83. The van der Waals surface area contributed by atoms with Gasteiger partial charge >= 0.3 is 0 Å². The van der Waals surface area contributed by atoms with Gasteiger partial charge in [0.05, 0.1) is 6.20 Å². The molecule has 0 aliphatic heterocycles. The summed E-state index contributed by atoms with van der Waals surface area (Å²) in [6.45, 7) is 3.19. The number of aryl methyl sites for hydroxylation is 2. The summed E-state index contributed by atoms with van der Waals surface area (Å²) >= 11 is 0. The van der Waals surface area contributed by atoms with Gasteiger partial charge in [0.25, 0.3) is 0 Å². The number of aromatic amines is 1. The van der Waals surface area contributed by atoms with Crippen molar-refractivity contribution in [1.29, 1.82) is 0 Å². The number of rotatable bonds is 6. The van der Waals surface area contributed by atoms with Crippen molar-refractivity contribution in [2.75, 3.05) is 6.61 Å². The van der Waals surface area contributed by atoms with Crippen LogP contribution in [0.25, 0.3) is 16.4 Å². The number of nitrogens with one attached hydrogen (secondary N) is 1. The zero-order valence-corrected chi connectivity index (χ0v) is 16.9. The van der Waals surface area contributed by atoms with Crippen LogP contribution in [0.1, 0.15) is 11.3 Å². The standard InChI is InChI=1S/C18H19FN6O4S/c1-9-5-11-12(24-9)3-4-13(16(11)19)29-18-17-10(2)14(6-25(17)23-8-22-18)28-7-15(20)30(21,26)27/h3-6,8,15,24H,7,20H2,1-2H3,(H2,21,26,27). The van der Waals surface area contributed by atoms with E-state index in [0.717, 1.165) is 5.69 Å². The van der Waals surface area contributed by atoms with Gasteiger partial charge < -0.3 is 20.2 Å². The Balaban J connectivity index is 1.69. The molecule has 1 aromatic carbocycles. The van der Waals surface area contributed by atoms with Gasteiger partial charge in [-0.3, -0.25) is 0 Å². The topological polar surface area (TPSA) is 151 Å². The number of primary sulfonamides is 1. The number of benzene rings is 1. The molecule has 0 saturated heterocycles. The number of nitrogens with two attached hydrogens (primary N) is 2. The maximum atomic E-state index is 14.9. The van der Waals surface area contributed by atoms with Gasteiger partial charge in [-0.25, -0.2) is 22.5 Å². The van der Waals surface area contributed by atoms with Crippen LogP contribution < -0.4 is 20.3 Å². The fraction of sp³-hybridized carbons (Fsp3) is 0.222. The first-order chi connectivity index (χ1) is 14.1. The van der Waals surface area contributed by atoms with Crippen LogP contribution in [0.2, 0.25) is 0 Å². The van der Waals surface area contributed by atoms with Crippen molar-refractivity contribution in [2.24, 2.45) is 10.9 Å². The lowest BCUT2D eigenvalue weighted by atomic mass is 10.2. The van der Waals surface area contributed by atoms with E-state index in [-0.39, 0.29) is 18.2 Å². The SMILES string of the molecule is Cc1cc2c(F)c(Oc3ncnn4cc(OCC(N)S(N)(=O)=O)c(C)c34)ccc2[nH]1. The summed E-state index contributed by atoms with van der Waals surface area (Å²) in [6, 6.07) is 4.91. The molecule has 0 bridgehead atoms. The molecule has 30 heavy (non-hydrogen) atoms. The summed E-state index contributed by atoms with van der Waals surface area (Å²) in [5, 5.41) is 8.12. The number of nitrogens with zero attached hydrogens (tertiary/aromatic N) is 3. The van der Waals surface area contributed by atoms with E-state index in [4.69, 9.17) is 20.3 Å². The monoisotopic (exact) mass is 434 g/mol. The maximum absolute atomic E-state index is 14.9. The molecule has 3 heterocycles. The highest BCUT2D eigenvalue weighted by Gasteiger charge is 2.21. The second-order valence-corrected chi connectivity index (χ2v) is 8.59. The maximum Gasteiger partial charge on any atom is 0.247 e. The van der Waals surface area contributed by atoms with Gasteiger partial charge in [-0.05, 0) is 32.0 Å².